The molecule has 0 radical (unpaired) electrons. The fraction of sp³-hybridized carbons (Fsp3) is 0.577. The van der Waals surface area contributed by atoms with Gasteiger partial charge in [0.1, 0.15) is 11.6 Å². The molecule has 0 N–H and O–H groups in total. The maximum absolute atomic E-state index is 12.8. The number of amides is 1. The third-order valence-corrected chi connectivity index (χ3v) is 6.50. The Morgan fingerprint density at radius 2 is 1.81 bits per heavy atom. The molecule has 2 fully saturated rings. The number of hydrogen-bond acceptors (Lipinski definition) is 5. The van der Waals surface area contributed by atoms with Crippen LogP contribution in [0.15, 0.2) is 24.3 Å². The van der Waals surface area contributed by atoms with E-state index in [1.54, 1.807) is 0 Å². The molecular weight excluding hydrogens is 400 g/mol. The van der Waals surface area contributed by atoms with Gasteiger partial charge in [-0.25, -0.2) is 9.97 Å². The summed E-state index contributed by atoms with van der Waals surface area (Å²) in [6.07, 6.45) is 2.55. The highest BCUT2D eigenvalue weighted by Gasteiger charge is 2.31. The van der Waals surface area contributed by atoms with Crippen molar-refractivity contribution in [2.45, 2.75) is 47.0 Å². The first kappa shape index (κ1) is 22.7. The molecule has 2 aliphatic rings. The minimum atomic E-state index is 0.0394. The fourth-order valence-electron chi connectivity index (χ4n) is 4.60. The van der Waals surface area contributed by atoms with Crippen LogP contribution < -0.4 is 4.90 Å². The number of nitrogens with zero attached hydrogens (tertiary/aromatic N) is 4. The van der Waals surface area contributed by atoms with E-state index < -0.39 is 0 Å². The number of piperazine rings is 1. The van der Waals surface area contributed by atoms with Crippen molar-refractivity contribution >= 4 is 11.7 Å². The number of aromatic nitrogens is 2. The average molecular weight is 437 g/mol. The number of ether oxygens (including phenoxy) is 1. The summed E-state index contributed by atoms with van der Waals surface area (Å²) in [5, 5.41) is 0. The van der Waals surface area contributed by atoms with Crippen LogP contribution in [0.4, 0.5) is 5.82 Å². The van der Waals surface area contributed by atoms with Crippen molar-refractivity contribution in [1.29, 1.82) is 0 Å². The predicted molar refractivity (Wildman–Crippen MR) is 127 cm³/mol. The highest BCUT2D eigenvalue weighted by atomic mass is 16.5. The zero-order valence-corrected chi connectivity index (χ0v) is 19.9. The second-order valence-electron chi connectivity index (χ2n) is 9.66. The Morgan fingerprint density at radius 1 is 1.09 bits per heavy atom. The number of hydrogen-bond donors (Lipinski definition) is 0. The molecule has 6 heteroatoms. The van der Waals surface area contributed by atoms with Crippen LogP contribution in [0, 0.1) is 25.7 Å². The molecule has 2 aromatic rings. The first-order valence-corrected chi connectivity index (χ1v) is 11.9. The van der Waals surface area contributed by atoms with Crippen molar-refractivity contribution in [3.8, 4) is 0 Å². The Hall–Kier alpha value is -2.47. The molecule has 1 aromatic heterocycles. The van der Waals surface area contributed by atoms with Gasteiger partial charge in [0.15, 0.2) is 0 Å². The Labute approximate surface area is 192 Å². The smallest absolute Gasteiger partial charge is 0.228 e. The van der Waals surface area contributed by atoms with Crippen molar-refractivity contribution in [3.05, 3.63) is 52.5 Å². The summed E-state index contributed by atoms with van der Waals surface area (Å²) < 4.78 is 5.42. The second-order valence-corrected chi connectivity index (χ2v) is 9.66. The lowest BCUT2D eigenvalue weighted by atomic mass is 10.0. The molecule has 4 rings (SSSR count). The third kappa shape index (κ3) is 5.29. The van der Waals surface area contributed by atoms with Crippen molar-refractivity contribution in [2.24, 2.45) is 11.8 Å². The number of rotatable bonds is 6. The molecule has 2 saturated heterocycles. The number of carbonyl (C=O) groups excluding carboxylic acids is 1. The van der Waals surface area contributed by atoms with E-state index in [0.29, 0.717) is 19.1 Å². The topological polar surface area (TPSA) is 58.6 Å². The first-order chi connectivity index (χ1) is 15.4. The Bertz CT molecular complexity index is 928. The number of anilines is 1. The largest absolute Gasteiger partial charge is 0.381 e. The Balaban J connectivity index is 1.55. The third-order valence-electron chi connectivity index (χ3n) is 6.50. The van der Waals surface area contributed by atoms with Gasteiger partial charge >= 0.3 is 0 Å². The van der Waals surface area contributed by atoms with Gasteiger partial charge in [-0.05, 0) is 31.7 Å². The van der Waals surface area contributed by atoms with E-state index in [-0.39, 0.29) is 11.8 Å². The van der Waals surface area contributed by atoms with E-state index in [9.17, 15) is 4.79 Å². The standard InChI is InChI=1S/C26H36N4O2/c1-18(2)15-24-27-20(4)23(16-21-7-5-19(3)6-8-21)25(28-24)29-10-12-30(13-11-29)26(31)22-9-14-32-17-22/h5-8,18,22H,9-17H2,1-4H3. The fourth-order valence-corrected chi connectivity index (χ4v) is 4.60. The van der Waals surface area contributed by atoms with Crippen LogP contribution in [0.2, 0.25) is 0 Å². The molecule has 0 spiro atoms. The van der Waals surface area contributed by atoms with Crippen LogP contribution >= 0.6 is 0 Å². The van der Waals surface area contributed by atoms with Crippen LogP contribution in [0.25, 0.3) is 0 Å². The summed E-state index contributed by atoms with van der Waals surface area (Å²) in [6, 6.07) is 8.71. The maximum Gasteiger partial charge on any atom is 0.228 e. The molecule has 1 amide bonds. The van der Waals surface area contributed by atoms with E-state index in [0.717, 1.165) is 62.8 Å². The Morgan fingerprint density at radius 3 is 2.44 bits per heavy atom. The molecule has 0 bridgehead atoms. The highest BCUT2D eigenvalue weighted by molar-refractivity contribution is 5.79. The molecule has 1 aromatic carbocycles. The molecule has 172 valence electrons. The van der Waals surface area contributed by atoms with Gasteiger partial charge in [0, 0.05) is 56.9 Å². The SMILES string of the molecule is Cc1ccc(Cc2c(C)nc(CC(C)C)nc2N2CCN(C(=O)C3CCOC3)CC2)cc1. The quantitative estimate of drug-likeness (QED) is 0.693. The molecule has 2 aliphatic heterocycles. The molecule has 6 nitrogen and oxygen atoms in total. The van der Waals surface area contributed by atoms with Crippen LogP contribution in [0.3, 0.4) is 0 Å². The average Bonchev–Trinajstić information content (AvgIpc) is 3.31. The van der Waals surface area contributed by atoms with Crippen molar-refractivity contribution in [1.82, 2.24) is 14.9 Å². The molecule has 3 heterocycles. The normalized spacial score (nSPS) is 19.1. The number of aryl methyl sites for hydroxylation is 2. The Kier molecular flexibility index (Phi) is 7.09. The summed E-state index contributed by atoms with van der Waals surface area (Å²) in [4.78, 5) is 27.1. The van der Waals surface area contributed by atoms with E-state index in [1.165, 1.54) is 16.7 Å². The molecule has 1 atom stereocenters. The summed E-state index contributed by atoms with van der Waals surface area (Å²) in [5.74, 6) is 2.76. The lowest BCUT2D eigenvalue weighted by molar-refractivity contribution is -0.135. The van der Waals surface area contributed by atoms with Crippen molar-refractivity contribution in [3.63, 3.8) is 0 Å². The van der Waals surface area contributed by atoms with Gasteiger partial charge in [-0.3, -0.25) is 4.79 Å². The van der Waals surface area contributed by atoms with Gasteiger partial charge in [0.2, 0.25) is 5.91 Å². The van der Waals surface area contributed by atoms with Gasteiger partial charge in [0.25, 0.3) is 0 Å². The maximum atomic E-state index is 12.8. The van der Waals surface area contributed by atoms with Crippen LogP contribution in [-0.4, -0.2) is 60.2 Å². The molecular formula is C26H36N4O2. The lowest BCUT2D eigenvalue weighted by Crippen LogP contribution is -2.51. The first-order valence-electron chi connectivity index (χ1n) is 11.9. The van der Waals surface area contributed by atoms with E-state index in [4.69, 9.17) is 14.7 Å². The van der Waals surface area contributed by atoms with Crippen LogP contribution in [0.5, 0.6) is 0 Å². The van der Waals surface area contributed by atoms with Crippen molar-refractivity contribution < 1.29 is 9.53 Å². The van der Waals surface area contributed by atoms with Crippen molar-refractivity contribution in [2.75, 3.05) is 44.3 Å². The number of carbonyl (C=O) groups is 1. The second kappa shape index (κ2) is 9.99. The molecule has 0 saturated carbocycles. The minimum Gasteiger partial charge on any atom is -0.381 e. The highest BCUT2D eigenvalue weighted by Crippen LogP contribution is 2.27. The summed E-state index contributed by atoms with van der Waals surface area (Å²) >= 11 is 0. The molecule has 0 aliphatic carbocycles. The zero-order valence-electron chi connectivity index (χ0n) is 19.9. The summed E-state index contributed by atoms with van der Waals surface area (Å²) in [7, 11) is 0. The molecule has 32 heavy (non-hydrogen) atoms. The predicted octanol–water partition coefficient (Wildman–Crippen LogP) is 3.57. The van der Waals surface area contributed by atoms with Gasteiger partial charge in [0.05, 0.1) is 12.5 Å². The van der Waals surface area contributed by atoms with Crippen LogP contribution in [-0.2, 0) is 22.4 Å². The van der Waals surface area contributed by atoms with Gasteiger partial charge in [-0.15, -0.1) is 0 Å². The zero-order chi connectivity index (χ0) is 22.7. The van der Waals surface area contributed by atoms with Crippen LogP contribution in [0.1, 0.15) is 48.5 Å². The molecule has 1 unspecified atom stereocenters. The summed E-state index contributed by atoms with van der Waals surface area (Å²) in [6.45, 7) is 13.0. The van der Waals surface area contributed by atoms with Gasteiger partial charge in [-0.2, -0.15) is 0 Å². The van der Waals surface area contributed by atoms with E-state index in [1.807, 2.05) is 4.90 Å². The number of benzene rings is 1. The van der Waals surface area contributed by atoms with Gasteiger partial charge in [-0.1, -0.05) is 43.7 Å². The van der Waals surface area contributed by atoms with E-state index in [2.05, 4.69) is 56.9 Å². The lowest BCUT2D eigenvalue weighted by Gasteiger charge is -2.37. The van der Waals surface area contributed by atoms with Gasteiger partial charge < -0.3 is 14.5 Å². The minimum absolute atomic E-state index is 0.0394. The monoisotopic (exact) mass is 436 g/mol. The van der Waals surface area contributed by atoms with E-state index >= 15 is 0 Å². The summed E-state index contributed by atoms with van der Waals surface area (Å²) in [5.41, 5.74) is 4.80.